The molecule has 2 atom stereocenters. The number of carbonyl (C=O) groups excluding carboxylic acids is 1. The average molecular weight is 420 g/mol. The third kappa shape index (κ3) is 9.98. The molecule has 0 aromatic heterocycles. The van der Waals surface area contributed by atoms with Crippen LogP contribution in [-0.2, 0) is 9.53 Å². The summed E-state index contributed by atoms with van der Waals surface area (Å²) in [5, 5.41) is 3.22. The first-order valence-electron chi connectivity index (χ1n) is 12.8. The summed E-state index contributed by atoms with van der Waals surface area (Å²) in [4.78, 5) is 12.4. The molecule has 1 amide bonds. The van der Waals surface area contributed by atoms with E-state index in [0.29, 0.717) is 6.42 Å². The van der Waals surface area contributed by atoms with Crippen molar-refractivity contribution < 1.29 is 9.53 Å². The molecule has 30 heavy (non-hydrogen) atoms. The number of hydrogen-bond acceptors (Lipinski definition) is 2. The summed E-state index contributed by atoms with van der Waals surface area (Å²) in [6, 6.07) is 0. The van der Waals surface area contributed by atoms with E-state index in [1.165, 1.54) is 64.2 Å². The van der Waals surface area contributed by atoms with Gasteiger partial charge >= 0.3 is 0 Å². The lowest BCUT2D eigenvalue weighted by molar-refractivity contribution is -0.122. The SMILES string of the molecule is CCC(C)(CNC(=O)CCC1CCCCCC1)COCC(C)(C)CC1CC=CCC1. The van der Waals surface area contributed by atoms with Gasteiger partial charge in [-0.05, 0) is 55.8 Å². The molecule has 0 spiro atoms. The molecule has 0 bridgehead atoms. The van der Waals surface area contributed by atoms with Crippen molar-refractivity contribution >= 4 is 5.91 Å². The molecule has 3 nitrogen and oxygen atoms in total. The summed E-state index contributed by atoms with van der Waals surface area (Å²) >= 11 is 0. The molecule has 1 fully saturated rings. The zero-order valence-corrected chi connectivity index (χ0v) is 20.4. The van der Waals surface area contributed by atoms with Crippen molar-refractivity contribution in [1.29, 1.82) is 0 Å². The van der Waals surface area contributed by atoms with Crippen LogP contribution < -0.4 is 5.32 Å². The number of carbonyl (C=O) groups is 1. The first kappa shape index (κ1) is 25.4. The van der Waals surface area contributed by atoms with Gasteiger partial charge in [0, 0.05) is 18.4 Å². The number of rotatable bonds is 12. The van der Waals surface area contributed by atoms with Gasteiger partial charge in [-0.1, -0.05) is 78.4 Å². The first-order valence-corrected chi connectivity index (χ1v) is 12.8. The molecule has 2 aliphatic rings. The average Bonchev–Trinajstić information content (AvgIpc) is 3.00. The summed E-state index contributed by atoms with van der Waals surface area (Å²) < 4.78 is 6.23. The zero-order valence-electron chi connectivity index (χ0n) is 20.4. The quantitative estimate of drug-likeness (QED) is 0.272. The van der Waals surface area contributed by atoms with Crippen molar-refractivity contribution in [2.24, 2.45) is 22.7 Å². The minimum atomic E-state index is 0.0155. The Bertz CT molecular complexity index is 519. The Labute approximate surface area is 186 Å². The van der Waals surface area contributed by atoms with Gasteiger partial charge < -0.3 is 10.1 Å². The molecule has 2 unspecified atom stereocenters. The van der Waals surface area contributed by atoms with Crippen molar-refractivity contribution in [2.45, 2.75) is 111 Å². The molecular weight excluding hydrogens is 370 g/mol. The molecule has 0 radical (unpaired) electrons. The van der Waals surface area contributed by atoms with Crippen LogP contribution in [0.3, 0.4) is 0 Å². The van der Waals surface area contributed by atoms with Crippen molar-refractivity contribution in [3.8, 4) is 0 Å². The molecule has 0 aromatic rings. The third-order valence-electron chi connectivity index (χ3n) is 7.48. The highest BCUT2D eigenvalue weighted by atomic mass is 16.5. The van der Waals surface area contributed by atoms with Crippen LogP contribution in [0.1, 0.15) is 111 Å². The molecule has 0 aromatic carbocycles. The molecule has 0 saturated heterocycles. The Morgan fingerprint density at radius 2 is 1.73 bits per heavy atom. The van der Waals surface area contributed by atoms with E-state index in [0.717, 1.165) is 44.4 Å². The van der Waals surface area contributed by atoms with Crippen LogP contribution in [0.15, 0.2) is 12.2 Å². The van der Waals surface area contributed by atoms with Crippen molar-refractivity contribution in [2.75, 3.05) is 19.8 Å². The van der Waals surface area contributed by atoms with Crippen molar-refractivity contribution in [3.05, 3.63) is 12.2 Å². The second-order valence-electron chi connectivity index (χ2n) is 11.3. The fourth-order valence-corrected chi connectivity index (χ4v) is 5.12. The molecule has 1 N–H and O–H groups in total. The maximum absolute atomic E-state index is 12.4. The lowest BCUT2D eigenvalue weighted by atomic mass is 9.78. The Morgan fingerprint density at radius 3 is 2.37 bits per heavy atom. The lowest BCUT2D eigenvalue weighted by Crippen LogP contribution is -2.39. The van der Waals surface area contributed by atoms with E-state index in [1.54, 1.807) is 0 Å². The standard InChI is InChI=1S/C27H49NO2/c1-5-27(4,20-28-25(29)18-17-23-13-9-6-7-10-14-23)22-30-21-26(2,3)19-24-15-11-8-12-16-24/h8,11,23-24H,5-7,9-10,12-22H2,1-4H3,(H,28,29). The van der Waals surface area contributed by atoms with Gasteiger partial charge in [0.15, 0.2) is 0 Å². The predicted octanol–water partition coefficient (Wildman–Crippen LogP) is 7.06. The topological polar surface area (TPSA) is 38.3 Å². The summed E-state index contributed by atoms with van der Waals surface area (Å²) in [5.74, 6) is 1.80. The van der Waals surface area contributed by atoms with Crippen LogP contribution in [0, 0.1) is 22.7 Å². The van der Waals surface area contributed by atoms with Crippen molar-refractivity contribution in [1.82, 2.24) is 5.32 Å². The van der Waals surface area contributed by atoms with Crippen LogP contribution >= 0.6 is 0 Å². The number of ether oxygens (including phenoxy) is 1. The van der Waals surface area contributed by atoms with Gasteiger partial charge in [0.05, 0.1) is 13.2 Å². The third-order valence-corrected chi connectivity index (χ3v) is 7.48. The molecular formula is C27H49NO2. The monoisotopic (exact) mass is 419 g/mol. The van der Waals surface area contributed by atoms with Crippen LogP contribution in [0.4, 0.5) is 0 Å². The summed E-state index contributed by atoms with van der Waals surface area (Å²) in [5.41, 5.74) is 0.230. The van der Waals surface area contributed by atoms with Gasteiger partial charge in [-0.2, -0.15) is 0 Å². The van der Waals surface area contributed by atoms with Crippen LogP contribution in [-0.4, -0.2) is 25.7 Å². The van der Waals surface area contributed by atoms with E-state index in [2.05, 4.69) is 45.2 Å². The van der Waals surface area contributed by atoms with E-state index in [9.17, 15) is 4.79 Å². The highest BCUT2D eigenvalue weighted by molar-refractivity contribution is 5.75. The van der Waals surface area contributed by atoms with Crippen LogP contribution in [0.25, 0.3) is 0 Å². The summed E-state index contributed by atoms with van der Waals surface area (Å²) in [6.07, 6.45) is 20.6. The Kier molecular flexibility index (Phi) is 10.9. The number of amides is 1. The highest BCUT2D eigenvalue weighted by Gasteiger charge is 2.27. The minimum Gasteiger partial charge on any atom is -0.380 e. The van der Waals surface area contributed by atoms with Gasteiger partial charge in [-0.15, -0.1) is 0 Å². The zero-order chi connectivity index (χ0) is 21.9. The van der Waals surface area contributed by atoms with Crippen molar-refractivity contribution in [3.63, 3.8) is 0 Å². The van der Waals surface area contributed by atoms with E-state index in [1.807, 2.05) is 0 Å². The van der Waals surface area contributed by atoms with E-state index < -0.39 is 0 Å². The molecule has 0 aliphatic heterocycles. The molecule has 0 heterocycles. The smallest absolute Gasteiger partial charge is 0.220 e. The van der Waals surface area contributed by atoms with Crippen LogP contribution in [0.2, 0.25) is 0 Å². The molecule has 174 valence electrons. The second-order valence-corrected chi connectivity index (χ2v) is 11.3. The fraction of sp³-hybridized carbons (Fsp3) is 0.889. The van der Waals surface area contributed by atoms with Gasteiger partial charge in [-0.25, -0.2) is 0 Å². The lowest BCUT2D eigenvalue weighted by Gasteiger charge is -2.33. The first-order chi connectivity index (χ1) is 14.3. The van der Waals surface area contributed by atoms with E-state index in [-0.39, 0.29) is 16.7 Å². The maximum Gasteiger partial charge on any atom is 0.220 e. The summed E-state index contributed by atoms with van der Waals surface area (Å²) in [6.45, 7) is 11.4. The summed E-state index contributed by atoms with van der Waals surface area (Å²) in [7, 11) is 0. The van der Waals surface area contributed by atoms with Gasteiger partial charge in [0.25, 0.3) is 0 Å². The number of hydrogen-bond donors (Lipinski definition) is 1. The number of nitrogens with one attached hydrogen (secondary N) is 1. The van der Waals surface area contributed by atoms with Gasteiger partial charge in [-0.3, -0.25) is 4.79 Å². The minimum absolute atomic E-state index is 0.0155. The molecule has 2 aliphatic carbocycles. The Morgan fingerprint density at radius 1 is 1.00 bits per heavy atom. The van der Waals surface area contributed by atoms with E-state index in [4.69, 9.17) is 4.74 Å². The van der Waals surface area contributed by atoms with Crippen LogP contribution in [0.5, 0.6) is 0 Å². The second kappa shape index (κ2) is 12.9. The number of allylic oxidation sites excluding steroid dienone is 2. The maximum atomic E-state index is 12.4. The molecule has 3 heteroatoms. The predicted molar refractivity (Wildman–Crippen MR) is 128 cm³/mol. The van der Waals surface area contributed by atoms with Gasteiger partial charge in [0.2, 0.25) is 5.91 Å². The largest absolute Gasteiger partial charge is 0.380 e. The molecule has 2 rings (SSSR count). The normalized spacial score (nSPS) is 23.0. The Balaban J connectivity index is 1.66. The van der Waals surface area contributed by atoms with Gasteiger partial charge in [0.1, 0.15) is 0 Å². The molecule has 1 saturated carbocycles. The Hall–Kier alpha value is -0.830. The fourth-order valence-electron chi connectivity index (χ4n) is 5.12. The van der Waals surface area contributed by atoms with E-state index >= 15 is 0 Å². The highest BCUT2D eigenvalue weighted by Crippen LogP contribution is 2.33.